The molecule has 1 aromatic heterocycles. The van der Waals surface area contributed by atoms with Gasteiger partial charge in [0.15, 0.2) is 0 Å². The van der Waals surface area contributed by atoms with Gasteiger partial charge in [-0.25, -0.2) is 4.79 Å². The summed E-state index contributed by atoms with van der Waals surface area (Å²) in [5.74, 6) is -3.42. The Morgan fingerprint density at radius 1 is 1.13 bits per heavy atom. The van der Waals surface area contributed by atoms with Crippen molar-refractivity contribution in [3.05, 3.63) is 40.8 Å². The summed E-state index contributed by atoms with van der Waals surface area (Å²) in [4.78, 5) is 72.5. The van der Waals surface area contributed by atoms with Gasteiger partial charge in [0.1, 0.15) is 18.3 Å². The Morgan fingerprint density at radius 3 is 2.47 bits per heavy atom. The second-order valence-electron chi connectivity index (χ2n) is 9.75. The molecule has 1 heterocycles. The van der Waals surface area contributed by atoms with Gasteiger partial charge in [-0.2, -0.15) is 0 Å². The molecule has 1 rings (SSSR count). The number of aliphatic carboxylic acids is 1. The summed E-state index contributed by atoms with van der Waals surface area (Å²) in [7, 11) is 0. The zero-order chi connectivity index (χ0) is 28.7. The van der Waals surface area contributed by atoms with Crippen LogP contribution in [0, 0.1) is 5.41 Å². The monoisotopic (exact) mass is 534 g/mol. The van der Waals surface area contributed by atoms with Crippen molar-refractivity contribution in [2.24, 2.45) is 5.41 Å². The minimum Gasteiger partial charge on any atom is -0.481 e. The van der Waals surface area contributed by atoms with Crippen LogP contribution in [0.15, 0.2) is 35.3 Å². The third-order valence-electron chi connectivity index (χ3n) is 5.17. The van der Waals surface area contributed by atoms with Gasteiger partial charge in [0.2, 0.25) is 17.7 Å². The molecule has 0 saturated carbocycles. The van der Waals surface area contributed by atoms with Gasteiger partial charge in [0.05, 0.1) is 13.0 Å². The molecule has 1 atom stereocenters. The minimum atomic E-state index is -1.16. The number of anilines is 1. The second-order valence-corrected chi connectivity index (χ2v) is 9.75. The van der Waals surface area contributed by atoms with E-state index < -0.39 is 41.8 Å². The Bertz CT molecular complexity index is 1070. The Labute approximate surface area is 221 Å². The van der Waals surface area contributed by atoms with E-state index in [2.05, 4.69) is 16.0 Å². The average Bonchev–Trinajstić information content (AvgIpc) is 2.81. The van der Waals surface area contributed by atoms with Crippen molar-refractivity contribution >= 4 is 35.3 Å². The number of hydrogen-bond donors (Lipinski definition) is 4. The zero-order valence-corrected chi connectivity index (χ0v) is 22.4. The number of amides is 3. The van der Waals surface area contributed by atoms with E-state index in [4.69, 9.17) is 9.84 Å². The van der Waals surface area contributed by atoms with E-state index in [1.807, 2.05) is 20.8 Å². The van der Waals surface area contributed by atoms with E-state index >= 15 is 0 Å². The van der Waals surface area contributed by atoms with Crippen LogP contribution in [0.3, 0.4) is 0 Å². The first kappa shape index (κ1) is 32.1. The number of carbonyl (C=O) groups excluding carboxylic acids is 4. The maximum Gasteiger partial charge on any atom is 0.330 e. The molecular weight excluding hydrogens is 496 g/mol. The Hall–Kier alpha value is -3.96. The number of allylic oxidation sites excluding steroid dienone is 1. The van der Waals surface area contributed by atoms with E-state index in [1.54, 1.807) is 6.92 Å². The lowest BCUT2D eigenvalue weighted by Crippen LogP contribution is -2.44. The lowest BCUT2D eigenvalue weighted by Gasteiger charge is -2.19. The number of pyridine rings is 1. The molecule has 12 nitrogen and oxygen atoms in total. The number of esters is 1. The lowest BCUT2D eigenvalue weighted by atomic mass is 9.92. The van der Waals surface area contributed by atoms with Crippen molar-refractivity contribution in [2.75, 3.05) is 18.5 Å². The van der Waals surface area contributed by atoms with Crippen LogP contribution in [-0.2, 0) is 35.3 Å². The fourth-order valence-electron chi connectivity index (χ4n) is 3.15. The van der Waals surface area contributed by atoms with Crippen LogP contribution in [0.1, 0.15) is 59.8 Å². The summed E-state index contributed by atoms with van der Waals surface area (Å²) < 4.78 is 5.94. The molecule has 0 bridgehead atoms. The quantitative estimate of drug-likeness (QED) is 0.194. The van der Waals surface area contributed by atoms with Gasteiger partial charge in [-0.15, -0.1) is 0 Å². The fraction of sp³-hybridized carbons (Fsp3) is 0.538. The van der Waals surface area contributed by atoms with E-state index in [0.717, 1.165) is 11.0 Å². The summed E-state index contributed by atoms with van der Waals surface area (Å²) >= 11 is 0. The van der Waals surface area contributed by atoms with Gasteiger partial charge in [-0.05, 0) is 43.7 Å². The highest BCUT2D eigenvalue weighted by Gasteiger charge is 2.22. The number of carboxylic acid groups (broad SMARTS) is 1. The summed E-state index contributed by atoms with van der Waals surface area (Å²) in [5, 5.41) is 16.5. The summed E-state index contributed by atoms with van der Waals surface area (Å²) in [6.45, 7) is 8.25. The van der Waals surface area contributed by atoms with Crippen LogP contribution < -0.4 is 21.5 Å². The number of rotatable bonds is 15. The molecule has 0 unspecified atom stereocenters. The van der Waals surface area contributed by atoms with Crippen LogP contribution in [0.2, 0.25) is 0 Å². The van der Waals surface area contributed by atoms with Crippen molar-refractivity contribution in [3.8, 4) is 0 Å². The highest BCUT2D eigenvalue weighted by Crippen LogP contribution is 2.16. The molecule has 38 heavy (non-hydrogen) atoms. The van der Waals surface area contributed by atoms with Crippen molar-refractivity contribution in [1.29, 1.82) is 0 Å². The first-order chi connectivity index (χ1) is 17.8. The van der Waals surface area contributed by atoms with Gasteiger partial charge >= 0.3 is 11.9 Å². The number of hydrogen-bond acceptors (Lipinski definition) is 7. The number of ether oxygens (including phenoxy) is 1. The van der Waals surface area contributed by atoms with Crippen LogP contribution >= 0.6 is 0 Å². The third-order valence-corrected chi connectivity index (χ3v) is 5.17. The maximum absolute atomic E-state index is 13.0. The van der Waals surface area contributed by atoms with Crippen LogP contribution in [0.5, 0.6) is 0 Å². The number of nitrogens with zero attached hydrogens (tertiary/aromatic N) is 1. The smallest absolute Gasteiger partial charge is 0.330 e. The first-order valence-electron chi connectivity index (χ1n) is 12.4. The normalized spacial score (nSPS) is 12.0. The Kier molecular flexibility index (Phi) is 13.5. The third kappa shape index (κ3) is 13.4. The minimum absolute atomic E-state index is 0.0442. The summed E-state index contributed by atoms with van der Waals surface area (Å²) in [6, 6.07) is 1.76. The predicted octanol–water partition coefficient (Wildman–Crippen LogP) is 1.59. The molecule has 0 aromatic carbocycles. The van der Waals surface area contributed by atoms with E-state index in [-0.39, 0.29) is 49.4 Å². The highest BCUT2D eigenvalue weighted by atomic mass is 16.5. The number of nitrogens with one attached hydrogen (secondary N) is 3. The fourth-order valence-corrected chi connectivity index (χ4v) is 3.15. The Balaban J connectivity index is 2.91. The van der Waals surface area contributed by atoms with Gasteiger partial charge in [0.25, 0.3) is 5.56 Å². The number of carboxylic acids is 1. The Morgan fingerprint density at radius 2 is 1.84 bits per heavy atom. The lowest BCUT2D eigenvalue weighted by molar-refractivity contribution is -0.139. The van der Waals surface area contributed by atoms with Crippen LogP contribution in [0.25, 0.3) is 0 Å². The molecule has 0 saturated heterocycles. The molecule has 1 aromatic rings. The summed E-state index contributed by atoms with van der Waals surface area (Å²) in [5.41, 5.74) is -0.653. The van der Waals surface area contributed by atoms with Gasteiger partial charge in [0, 0.05) is 25.2 Å². The van der Waals surface area contributed by atoms with Crippen molar-refractivity contribution in [1.82, 2.24) is 15.2 Å². The molecule has 12 heteroatoms. The van der Waals surface area contributed by atoms with E-state index in [0.29, 0.717) is 6.54 Å². The standard InChI is InChI=1S/C26H38N4O8/c1-5-38-23(35)11-7-6-9-18(28-20(31)12-13-22(33)34)24(36)29-19-10-8-16-30(25(19)37)17-21(32)27-15-14-26(2,3)4/h7-8,10-11,16,18H,5-6,9,12-15,17H2,1-4H3,(H,27,32)(H,28,31)(H,29,36)(H,33,34)/t18-/m0/s1. The topological polar surface area (TPSA) is 173 Å². The largest absolute Gasteiger partial charge is 0.481 e. The molecule has 0 aliphatic carbocycles. The van der Waals surface area contributed by atoms with Gasteiger partial charge in [-0.3, -0.25) is 24.0 Å². The molecule has 0 spiro atoms. The van der Waals surface area contributed by atoms with Crippen LogP contribution in [-0.4, -0.2) is 58.5 Å². The van der Waals surface area contributed by atoms with Crippen LogP contribution in [0.4, 0.5) is 5.69 Å². The average molecular weight is 535 g/mol. The van der Waals surface area contributed by atoms with E-state index in [1.165, 1.54) is 30.5 Å². The highest BCUT2D eigenvalue weighted by molar-refractivity contribution is 5.97. The molecule has 0 fully saturated rings. The number of carbonyl (C=O) groups is 5. The molecule has 0 aliphatic heterocycles. The van der Waals surface area contributed by atoms with Crippen molar-refractivity contribution < 1.29 is 33.8 Å². The van der Waals surface area contributed by atoms with Gasteiger partial charge in [-0.1, -0.05) is 26.8 Å². The molecule has 4 N–H and O–H groups in total. The summed E-state index contributed by atoms with van der Waals surface area (Å²) in [6.07, 6.45) is 4.40. The second kappa shape index (κ2) is 16.0. The maximum atomic E-state index is 13.0. The molecule has 3 amide bonds. The molecule has 0 radical (unpaired) electrons. The molecule has 0 aliphatic rings. The number of aromatic nitrogens is 1. The SMILES string of the molecule is CCOC(=O)C=CCC[C@H](NC(=O)CCC(=O)O)C(=O)Nc1cccn(CC(=O)NCCC(C)(C)C)c1=O. The zero-order valence-electron chi connectivity index (χ0n) is 22.4. The van der Waals surface area contributed by atoms with Crippen molar-refractivity contribution in [2.45, 2.75) is 72.4 Å². The molecule has 210 valence electrons. The molecular formula is C26H38N4O8. The van der Waals surface area contributed by atoms with Crippen molar-refractivity contribution in [3.63, 3.8) is 0 Å². The first-order valence-corrected chi connectivity index (χ1v) is 12.4. The predicted molar refractivity (Wildman–Crippen MR) is 140 cm³/mol. The van der Waals surface area contributed by atoms with Gasteiger partial charge < -0.3 is 30.4 Å². The van der Waals surface area contributed by atoms with E-state index in [9.17, 15) is 28.8 Å².